The lowest BCUT2D eigenvalue weighted by Crippen LogP contribution is -2.58. The Hall–Kier alpha value is -0.120. The Morgan fingerprint density at radius 2 is 1.47 bits per heavy atom. The molecule has 0 aromatic carbocycles. The molecule has 88 valence electrons. The summed E-state index contributed by atoms with van der Waals surface area (Å²) in [5.74, 6) is 0.929. The van der Waals surface area contributed by atoms with E-state index in [-0.39, 0.29) is 0 Å². The molecule has 0 saturated carbocycles. The molecule has 0 amide bonds. The minimum Gasteiger partial charge on any atom is -0.306 e. The second kappa shape index (κ2) is 4.40. The van der Waals surface area contributed by atoms with Gasteiger partial charge in [0.15, 0.2) is 0 Å². The SMILES string of the molecule is CC1CN(CC2CN(C)C2)CC(C)N1C. The predicted octanol–water partition coefficient (Wildman–Crippen LogP) is 0.572. The van der Waals surface area contributed by atoms with Gasteiger partial charge >= 0.3 is 0 Å². The number of piperazine rings is 1. The molecule has 0 aliphatic carbocycles. The molecule has 2 fully saturated rings. The normalized spacial score (nSPS) is 36.8. The van der Waals surface area contributed by atoms with Crippen molar-refractivity contribution in [1.29, 1.82) is 0 Å². The first kappa shape index (κ1) is 11.4. The molecule has 2 heterocycles. The molecule has 15 heavy (non-hydrogen) atoms. The highest BCUT2D eigenvalue weighted by Gasteiger charge is 2.30. The van der Waals surface area contributed by atoms with Crippen LogP contribution in [0.1, 0.15) is 13.8 Å². The largest absolute Gasteiger partial charge is 0.306 e. The Balaban J connectivity index is 1.79. The summed E-state index contributed by atoms with van der Waals surface area (Å²) in [6.07, 6.45) is 0. The van der Waals surface area contributed by atoms with E-state index in [0.29, 0.717) is 12.1 Å². The van der Waals surface area contributed by atoms with Crippen molar-refractivity contribution in [2.24, 2.45) is 5.92 Å². The van der Waals surface area contributed by atoms with Gasteiger partial charge in [0.05, 0.1) is 0 Å². The summed E-state index contributed by atoms with van der Waals surface area (Å²) in [7, 11) is 4.47. The van der Waals surface area contributed by atoms with Gasteiger partial charge in [-0.3, -0.25) is 9.80 Å². The number of nitrogens with zero attached hydrogens (tertiary/aromatic N) is 3. The van der Waals surface area contributed by atoms with E-state index < -0.39 is 0 Å². The zero-order chi connectivity index (χ0) is 11.0. The van der Waals surface area contributed by atoms with Gasteiger partial charge in [0.1, 0.15) is 0 Å². The molecule has 0 aromatic rings. The highest BCUT2D eigenvalue weighted by molar-refractivity contribution is 4.86. The molecule has 0 aromatic heterocycles. The van der Waals surface area contributed by atoms with Crippen LogP contribution in [-0.2, 0) is 0 Å². The van der Waals surface area contributed by atoms with Crippen LogP contribution in [0.25, 0.3) is 0 Å². The van der Waals surface area contributed by atoms with Crippen molar-refractivity contribution in [3.8, 4) is 0 Å². The number of rotatable bonds is 2. The van der Waals surface area contributed by atoms with Crippen molar-refractivity contribution >= 4 is 0 Å². The van der Waals surface area contributed by atoms with Gasteiger partial charge in [0.2, 0.25) is 0 Å². The third kappa shape index (κ3) is 2.52. The maximum Gasteiger partial charge on any atom is 0.0195 e. The van der Waals surface area contributed by atoms with Crippen LogP contribution >= 0.6 is 0 Å². The summed E-state index contributed by atoms with van der Waals surface area (Å²) in [4.78, 5) is 7.57. The third-order valence-electron chi connectivity index (χ3n) is 4.09. The maximum atomic E-state index is 2.66. The highest BCUT2D eigenvalue weighted by Crippen LogP contribution is 2.18. The van der Waals surface area contributed by atoms with Crippen LogP contribution in [0.5, 0.6) is 0 Å². The molecule has 2 aliphatic heterocycles. The van der Waals surface area contributed by atoms with Crippen molar-refractivity contribution < 1.29 is 0 Å². The summed E-state index contributed by atoms with van der Waals surface area (Å²) in [6.45, 7) is 11.1. The molecule has 2 unspecified atom stereocenters. The molecule has 3 nitrogen and oxygen atoms in total. The zero-order valence-electron chi connectivity index (χ0n) is 10.6. The molecule has 2 rings (SSSR count). The van der Waals surface area contributed by atoms with E-state index in [4.69, 9.17) is 0 Å². The van der Waals surface area contributed by atoms with Crippen LogP contribution in [-0.4, -0.2) is 73.6 Å². The molecule has 0 radical (unpaired) electrons. The minimum absolute atomic E-state index is 0.714. The molecule has 0 N–H and O–H groups in total. The predicted molar refractivity (Wildman–Crippen MR) is 64.1 cm³/mol. The Kier molecular flexibility index (Phi) is 3.33. The second-order valence-electron chi connectivity index (χ2n) is 5.67. The van der Waals surface area contributed by atoms with E-state index >= 15 is 0 Å². The van der Waals surface area contributed by atoms with E-state index in [2.05, 4.69) is 42.6 Å². The average Bonchev–Trinajstić information content (AvgIpc) is 2.11. The van der Waals surface area contributed by atoms with Crippen molar-refractivity contribution in [1.82, 2.24) is 14.7 Å². The number of likely N-dealkylation sites (N-methyl/N-ethyl adjacent to an activating group) is 1. The van der Waals surface area contributed by atoms with E-state index in [1.54, 1.807) is 0 Å². The summed E-state index contributed by atoms with van der Waals surface area (Å²) in [6, 6.07) is 1.43. The van der Waals surface area contributed by atoms with Gasteiger partial charge < -0.3 is 4.90 Å². The van der Waals surface area contributed by atoms with Crippen LogP contribution in [0.4, 0.5) is 0 Å². The van der Waals surface area contributed by atoms with Gasteiger partial charge in [-0.2, -0.15) is 0 Å². The molecule has 0 bridgehead atoms. The van der Waals surface area contributed by atoms with E-state index in [9.17, 15) is 0 Å². The summed E-state index contributed by atoms with van der Waals surface area (Å²) in [5.41, 5.74) is 0. The molecule has 2 saturated heterocycles. The van der Waals surface area contributed by atoms with Gasteiger partial charge in [-0.15, -0.1) is 0 Å². The van der Waals surface area contributed by atoms with Gasteiger partial charge in [0, 0.05) is 44.8 Å². The fraction of sp³-hybridized carbons (Fsp3) is 1.00. The Morgan fingerprint density at radius 1 is 0.933 bits per heavy atom. The molecule has 2 aliphatic rings. The maximum absolute atomic E-state index is 2.66. The third-order valence-corrected chi connectivity index (χ3v) is 4.09. The van der Waals surface area contributed by atoms with E-state index in [1.165, 1.54) is 32.7 Å². The zero-order valence-corrected chi connectivity index (χ0v) is 10.6. The van der Waals surface area contributed by atoms with Crippen molar-refractivity contribution in [2.75, 3.05) is 46.8 Å². The highest BCUT2D eigenvalue weighted by atomic mass is 15.3. The van der Waals surface area contributed by atoms with Crippen LogP contribution in [0, 0.1) is 5.92 Å². The quantitative estimate of drug-likeness (QED) is 0.661. The van der Waals surface area contributed by atoms with Crippen molar-refractivity contribution in [3.63, 3.8) is 0 Å². The second-order valence-corrected chi connectivity index (χ2v) is 5.67. The standard InChI is InChI=1S/C12H25N3/c1-10-5-15(6-11(2)14(10)4)9-12-7-13(3)8-12/h10-12H,5-9H2,1-4H3. The monoisotopic (exact) mass is 211 g/mol. The van der Waals surface area contributed by atoms with Gasteiger partial charge in [-0.05, 0) is 33.9 Å². The molecule has 3 heteroatoms. The fourth-order valence-corrected chi connectivity index (χ4v) is 2.97. The van der Waals surface area contributed by atoms with Crippen molar-refractivity contribution in [3.05, 3.63) is 0 Å². The Bertz CT molecular complexity index is 201. The first-order valence-corrected chi connectivity index (χ1v) is 6.19. The lowest BCUT2D eigenvalue weighted by Gasteiger charge is -2.46. The Labute approximate surface area is 94.0 Å². The smallest absolute Gasteiger partial charge is 0.0195 e. The summed E-state index contributed by atoms with van der Waals surface area (Å²) in [5, 5.41) is 0. The van der Waals surface area contributed by atoms with Gasteiger partial charge in [-0.25, -0.2) is 0 Å². The molecule has 2 atom stereocenters. The first-order valence-electron chi connectivity index (χ1n) is 6.19. The number of hydrogen-bond donors (Lipinski definition) is 0. The summed E-state index contributed by atoms with van der Waals surface area (Å²) >= 11 is 0. The van der Waals surface area contributed by atoms with Crippen LogP contribution in [0.3, 0.4) is 0 Å². The van der Waals surface area contributed by atoms with E-state index in [0.717, 1.165) is 5.92 Å². The van der Waals surface area contributed by atoms with Crippen LogP contribution in [0.15, 0.2) is 0 Å². The van der Waals surface area contributed by atoms with Crippen LogP contribution in [0.2, 0.25) is 0 Å². The molecular formula is C12H25N3. The van der Waals surface area contributed by atoms with Gasteiger partial charge in [0.25, 0.3) is 0 Å². The van der Waals surface area contributed by atoms with Crippen LogP contribution < -0.4 is 0 Å². The fourth-order valence-electron chi connectivity index (χ4n) is 2.97. The minimum atomic E-state index is 0.714. The number of hydrogen-bond acceptors (Lipinski definition) is 3. The molecular weight excluding hydrogens is 186 g/mol. The van der Waals surface area contributed by atoms with Gasteiger partial charge in [-0.1, -0.05) is 0 Å². The lowest BCUT2D eigenvalue weighted by molar-refractivity contribution is 0.0241. The lowest BCUT2D eigenvalue weighted by atomic mass is 9.99. The molecule has 0 spiro atoms. The average molecular weight is 211 g/mol. The number of likely N-dealkylation sites (tertiary alicyclic amines) is 1. The first-order chi connectivity index (χ1) is 7.06. The van der Waals surface area contributed by atoms with E-state index in [1.807, 2.05) is 0 Å². The topological polar surface area (TPSA) is 9.72 Å². The van der Waals surface area contributed by atoms with Crippen molar-refractivity contribution in [2.45, 2.75) is 25.9 Å². The Morgan fingerprint density at radius 3 is 1.93 bits per heavy atom. The summed E-state index contributed by atoms with van der Waals surface area (Å²) < 4.78 is 0.